The van der Waals surface area contributed by atoms with E-state index >= 15 is 0 Å². The van der Waals surface area contributed by atoms with Gasteiger partial charge in [0.05, 0.1) is 21.6 Å². The zero-order valence-electron chi connectivity index (χ0n) is 31.0. The molecule has 0 saturated heterocycles. The molecule has 0 radical (unpaired) electrons. The Hall–Kier alpha value is -4.82. The van der Waals surface area contributed by atoms with Gasteiger partial charge >= 0.3 is 0 Å². The molecule has 270 valence electrons. The maximum absolute atomic E-state index is 10.2. The summed E-state index contributed by atoms with van der Waals surface area (Å²) in [5.41, 5.74) is 8.75. The summed E-state index contributed by atoms with van der Waals surface area (Å²) in [7, 11) is 0. The van der Waals surface area contributed by atoms with Gasteiger partial charge in [0.15, 0.2) is 0 Å². The van der Waals surface area contributed by atoms with Gasteiger partial charge in [-0.2, -0.15) is 10.5 Å². The van der Waals surface area contributed by atoms with Gasteiger partial charge in [0, 0.05) is 15.4 Å². The zero-order valence-corrected chi connectivity index (χ0v) is 33.9. The molecule has 2 atom stereocenters. The summed E-state index contributed by atoms with van der Waals surface area (Å²) in [6, 6.07) is 42.2. The zero-order chi connectivity index (χ0) is 38.1. The number of nitrogens with zero attached hydrogens (tertiary/aromatic N) is 2. The number of ether oxygens (including phenoxy) is 2. The van der Waals surface area contributed by atoms with Crippen molar-refractivity contribution in [1.29, 1.82) is 10.5 Å². The summed E-state index contributed by atoms with van der Waals surface area (Å²) < 4.78 is 13.3. The molecule has 2 aliphatic carbocycles. The van der Waals surface area contributed by atoms with E-state index in [4.69, 9.17) is 21.1 Å². The number of hydrogen-bond donors (Lipinski definition) is 0. The number of fused-ring (bicyclic) bond motifs is 3. The first kappa shape index (κ1) is 37.5. The number of hydrogen-bond acceptors (Lipinski definition) is 4. The molecule has 4 nitrogen and oxygen atoms in total. The fourth-order valence-corrected chi connectivity index (χ4v) is 9.04. The van der Waals surface area contributed by atoms with Crippen molar-refractivity contribution in [3.05, 3.63) is 177 Å². The van der Waals surface area contributed by atoms with Gasteiger partial charge in [-0.25, -0.2) is 0 Å². The number of halogens is 2. The lowest BCUT2D eigenvalue weighted by atomic mass is 9.66. The van der Waals surface area contributed by atoms with E-state index < -0.39 is 11.0 Å². The predicted octanol–water partition coefficient (Wildman–Crippen LogP) is 12.9. The van der Waals surface area contributed by atoms with Crippen LogP contribution < -0.4 is 9.47 Å². The minimum absolute atomic E-state index is 0.169. The molecule has 0 N–H and O–H groups in total. The second-order valence-electron chi connectivity index (χ2n) is 14.2. The Morgan fingerprint density at radius 2 is 1.37 bits per heavy atom. The standard InChI is InChI=1S/C48H42ClIN2O2/c1-5-46(4,50)40-18-13-21-45(39(40)31-52)53-34-26-22-32(23-27-34)48(42-16-10-8-14-36(42)37-15-9-11-17-43(37)48)33-24-28-35(29-25-33)54-47(6-2,7-3)41-19-12-20-44(49)38(41)30-51/h8-26,28-29,34H,5-7,27H2,1-4H3. The van der Waals surface area contributed by atoms with Gasteiger partial charge in [0.1, 0.15) is 35.3 Å². The van der Waals surface area contributed by atoms with E-state index in [9.17, 15) is 10.5 Å². The van der Waals surface area contributed by atoms with Gasteiger partial charge in [0.25, 0.3) is 0 Å². The Bertz CT molecular complexity index is 2310. The van der Waals surface area contributed by atoms with E-state index in [1.54, 1.807) is 6.07 Å². The van der Waals surface area contributed by atoms with Crippen LogP contribution in [0.4, 0.5) is 0 Å². The number of allylic oxidation sites excluding steroid dienone is 2. The highest BCUT2D eigenvalue weighted by molar-refractivity contribution is 14.1. The highest BCUT2D eigenvalue weighted by Crippen LogP contribution is 2.57. The number of benzene rings is 5. The van der Waals surface area contributed by atoms with Crippen molar-refractivity contribution < 1.29 is 9.47 Å². The van der Waals surface area contributed by atoms with Gasteiger partial charge in [-0.1, -0.05) is 152 Å². The molecule has 0 saturated carbocycles. The van der Waals surface area contributed by atoms with Crippen LogP contribution in [0.15, 0.2) is 133 Å². The Morgan fingerprint density at radius 3 is 1.94 bits per heavy atom. The van der Waals surface area contributed by atoms with Crippen LogP contribution in [-0.2, 0) is 14.4 Å². The highest BCUT2D eigenvalue weighted by atomic mass is 127. The second kappa shape index (κ2) is 15.1. The molecule has 5 aromatic carbocycles. The first-order chi connectivity index (χ1) is 26.2. The van der Waals surface area contributed by atoms with E-state index in [0.29, 0.717) is 41.2 Å². The third kappa shape index (κ3) is 6.22. The maximum atomic E-state index is 10.2. The molecular formula is C48H42ClIN2O2. The van der Waals surface area contributed by atoms with Crippen molar-refractivity contribution in [1.82, 2.24) is 0 Å². The van der Waals surface area contributed by atoms with Gasteiger partial charge in [-0.05, 0) is 95.5 Å². The first-order valence-electron chi connectivity index (χ1n) is 18.6. The fourth-order valence-electron chi connectivity index (χ4n) is 8.37. The molecule has 2 aliphatic rings. The lowest BCUT2D eigenvalue weighted by Gasteiger charge is -2.37. The van der Waals surface area contributed by atoms with Crippen molar-refractivity contribution >= 4 is 34.2 Å². The second-order valence-corrected chi connectivity index (χ2v) is 17.0. The van der Waals surface area contributed by atoms with Gasteiger partial charge in [0.2, 0.25) is 0 Å². The molecule has 0 fully saturated rings. The average Bonchev–Trinajstić information content (AvgIpc) is 3.51. The van der Waals surface area contributed by atoms with Gasteiger partial charge < -0.3 is 9.47 Å². The van der Waals surface area contributed by atoms with Crippen LogP contribution in [0.25, 0.3) is 11.1 Å². The summed E-state index contributed by atoms with van der Waals surface area (Å²) in [5, 5.41) is 20.7. The molecule has 0 aliphatic heterocycles. The van der Waals surface area contributed by atoms with Crippen LogP contribution in [0.5, 0.6) is 11.5 Å². The minimum Gasteiger partial charge on any atom is -0.485 e. The molecule has 2 unspecified atom stereocenters. The van der Waals surface area contributed by atoms with Crippen LogP contribution >= 0.6 is 34.2 Å². The van der Waals surface area contributed by atoms with Crippen LogP contribution in [0.2, 0.25) is 5.02 Å². The summed E-state index contributed by atoms with van der Waals surface area (Å²) in [6.45, 7) is 8.47. The monoisotopic (exact) mass is 840 g/mol. The molecule has 6 heteroatoms. The predicted molar refractivity (Wildman–Crippen MR) is 226 cm³/mol. The van der Waals surface area contributed by atoms with E-state index in [0.717, 1.165) is 28.9 Å². The molecule has 0 amide bonds. The maximum Gasteiger partial charge on any atom is 0.138 e. The van der Waals surface area contributed by atoms with Crippen molar-refractivity contribution in [3.63, 3.8) is 0 Å². The highest BCUT2D eigenvalue weighted by Gasteiger charge is 2.47. The van der Waals surface area contributed by atoms with Crippen molar-refractivity contribution in [2.45, 2.75) is 73.9 Å². The molecule has 0 aromatic heterocycles. The molecule has 0 bridgehead atoms. The molecule has 7 rings (SSSR count). The Morgan fingerprint density at radius 1 is 0.759 bits per heavy atom. The number of nitriles is 2. The smallest absolute Gasteiger partial charge is 0.138 e. The lowest BCUT2D eigenvalue weighted by Crippen LogP contribution is -2.33. The summed E-state index contributed by atoms with van der Waals surface area (Å²) in [5.74, 6) is 1.35. The SMILES string of the molecule is CCC(C)(I)c1cccc(OC2C=CC(C3(c4ccc(OC(CC)(CC)c5cccc(Cl)c5C#N)cc4)c4ccccc4-c4ccccc43)=CC2)c1C#N. The van der Waals surface area contributed by atoms with Crippen molar-refractivity contribution in [2.24, 2.45) is 0 Å². The summed E-state index contributed by atoms with van der Waals surface area (Å²) in [6.07, 6.45) is 9.33. The summed E-state index contributed by atoms with van der Waals surface area (Å²) >= 11 is 8.94. The van der Waals surface area contributed by atoms with E-state index in [1.807, 2.05) is 30.3 Å². The number of alkyl halides is 1. The molecular weight excluding hydrogens is 799 g/mol. The van der Waals surface area contributed by atoms with Crippen LogP contribution in [0.1, 0.15) is 92.3 Å². The largest absolute Gasteiger partial charge is 0.485 e. The average molecular weight is 841 g/mol. The fraction of sp³-hybridized carbons (Fsp3) is 0.250. The third-order valence-corrected chi connectivity index (χ3v) is 13.1. The molecule has 5 aromatic rings. The van der Waals surface area contributed by atoms with Crippen molar-refractivity contribution in [3.8, 4) is 34.8 Å². The third-order valence-electron chi connectivity index (χ3n) is 11.4. The normalized spacial score (nSPS) is 16.6. The molecule has 0 spiro atoms. The molecule has 54 heavy (non-hydrogen) atoms. The van der Waals surface area contributed by atoms with Gasteiger partial charge in [-0.3, -0.25) is 0 Å². The Balaban J connectivity index is 1.28. The van der Waals surface area contributed by atoms with Crippen LogP contribution in [0.3, 0.4) is 0 Å². The van der Waals surface area contributed by atoms with E-state index in [-0.39, 0.29) is 9.53 Å². The Kier molecular flexibility index (Phi) is 10.5. The first-order valence-corrected chi connectivity index (χ1v) is 20.1. The quantitative estimate of drug-likeness (QED) is 0.0981. The Labute approximate surface area is 337 Å². The minimum atomic E-state index is -0.720. The van der Waals surface area contributed by atoms with Crippen LogP contribution in [0, 0.1) is 22.7 Å². The lowest BCUT2D eigenvalue weighted by molar-refractivity contribution is 0.0570. The number of rotatable bonds is 11. The van der Waals surface area contributed by atoms with Gasteiger partial charge in [-0.15, -0.1) is 0 Å². The topological polar surface area (TPSA) is 66.0 Å². The van der Waals surface area contributed by atoms with E-state index in [2.05, 4.69) is 153 Å². The van der Waals surface area contributed by atoms with Crippen molar-refractivity contribution in [2.75, 3.05) is 0 Å². The molecule has 0 heterocycles. The van der Waals surface area contributed by atoms with E-state index in [1.165, 1.54) is 27.8 Å². The summed E-state index contributed by atoms with van der Waals surface area (Å²) in [4.78, 5) is 0. The van der Waals surface area contributed by atoms with Crippen LogP contribution in [-0.4, -0.2) is 6.10 Å².